The number of hydrogen-bond donors (Lipinski definition) is 1. The van der Waals surface area contributed by atoms with Crippen molar-refractivity contribution < 1.29 is 14.3 Å². The van der Waals surface area contributed by atoms with Crippen LogP contribution in [-0.2, 0) is 11.3 Å². The molecule has 4 rings (SSSR count). The molecule has 6 nitrogen and oxygen atoms in total. The Kier molecular flexibility index (Phi) is 4.71. The van der Waals surface area contributed by atoms with Gasteiger partial charge in [0.2, 0.25) is 5.91 Å². The maximum atomic E-state index is 12.1. The Bertz CT molecular complexity index is 1300. The van der Waals surface area contributed by atoms with Gasteiger partial charge in [0.05, 0.1) is 28.1 Å². The molecule has 3 aromatic carbocycles. The van der Waals surface area contributed by atoms with Crippen molar-refractivity contribution in [3.8, 4) is 11.8 Å². The van der Waals surface area contributed by atoms with E-state index in [1.165, 1.54) is 0 Å². The first kappa shape index (κ1) is 18.3. The molecule has 0 aliphatic rings. The SMILES string of the molecule is N#Cc1cccc(Cn2c3cccc(OCC=O)c3c3c(C(N)=O)cccc32)c1. The molecule has 0 bridgehead atoms. The molecule has 4 aromatic rings. The number of carbonyl (C=O) groups is 2. The summed E-state index contributed by atoms with van der Waals surface area (Å²) in [5.41, 5.74) is 9.22. The topological polar surface area (TPSA) is 98.1 Å². The quantitative estimate of drug-likeness (QED) is 0.516. The summed E-state index contributed by atoms with van der Waals surface area (Å²) in [6, 6.07) is 20.5. The molecule has 0 aliphatic carbocycles. The predicted molar refractivity (Wildman–Crippen MR) is 110 cm³/mol. The minimum Gasteiger partial charge on any atom is -0.485 e. The Balaban J connectivity index is 2.03. The molecule has 0 spiro atoms. The summed E-state index contributed by atoms with van der Waals surface area (Å²) >= 11 is 0. The fourth-order valence-corrected chi connectivity index (χ4v) is 3.69. The van der Waals surface area contributed by atoms with Crippen LogP contribution in [0, 0.1) is 11.3 Å². The molecule has 0 aliphatic heterocycles. The Morgan fingerprint density at radius 2 is 1.79 bits per heavy atom. The van der Waals surface area contributed by atoms with Crippen molar-refractivity contribution in [2.24, 2.45) is 5.73 Å². The van der Waals surface area contributed by atoms with Gasteiger partial charge in [0.15, 0.2) is 6.29 Å². The van der Waals surface area contributed by atoms with E-state index in [9.17, 15) is 14.9 Å². The Morgan fingerprint density at radius 1 is 1.07 bits per heavy atom. The zero-order valence-corrected chi connectivity index (χ0v) is 15.5. The number of aldehydes is 1. The fraction of sp³-hybridized carbons (Fsp3) is 0.0870. The fourth-order valence-electron chi connectivity index (χ4n) is 3.69. The highest BCUT2D eigenvalue weighted by atomic mass is 16.5. The van der Waals surface area contributed by atoms with Crippen LogP contribution in [0.5, 0.6) is 5.75 Å². The van der Waals surface area contributed by atoms with Gasteiger partial charge >= 0.3 is 0 Å². The summed E-state index contributed by atoms with van der Waals surface area (Å²) in [6.07, 6.45) is 0.681. The summed E-state index contributed by atoms with van der Waals surface area (Å²) in [6.45, 7) is 0.406. The average molecular weight is 383 g/mol. The van der Waals surface area contributed by atoms with Crippen LogP contribution in [0.15, 0.2) is 60.7 Å². The molecule has 1 amide bonds. The van der Waals surface area contributed by atoms with Crippen molar-refractivity contribution in [2.75, 3.05) is 6.61 Å². The molecule has 0 saturated heterocycles. The molecule has 0 radical (unpaired) electrons. The number of nitriles is 1. The summed E-state index contributed by atoms with van der Waals surface area (Å²) in [5.74, 6) is -0.0239. The monoisotopic (exact) mass is 383 g/mol. The molecule has 1 heterocycles. The third kappa shape index (κ3) is 3.19. The van der Waals surface area contributed by atoms with Crippen molar-refractivity contribution in [1.82, 2.24) is 4.57 Å². The molecule has 142 valence electrons. The molecular formula is C23H17N3O3. The number of ether oxygens (including phenoxy) is 1. The zero-order chi connectivity index (χ0) is 20.4. The van der Waals surface area contributed by atoms with Gasteiger partial charge in [-0.2, -0.15) is 5.26 Å². The number of aromatic nitrogens is 1. The van der Waals surface area contributed by atoms with Gasteiger partial charge in [0, 0.05) is 17.5 Å². The first-order valence-electron chi connectivity index (χ1n) is 9.03. The maximum absolute atomic E-state index is 12.1. The van der Waals surface area contributed by atoms with Crippen molar-refractivity contribution in [1.29, 1.82) is 5.26 Å². The van der Waals surface area contributed by atoms with Gasteiger partial charge in [-0.3, -0.25) is 9.59 Å². The lowest BCUT2D eigenvalue weighted by Gasteiger charge is -2.09. The predicted octanol–water partition coefficient (Wildman–Crippen LogP) is 3.39. The van der Waals surface area contributed by atoms with Crippen LogP contribution in [0.3, 0.4) is 0 Å². The van der Waals surface area contributed by atoms with Crippen LogP contribution in [0.4, 0.5) is 0 Å². The van der Waals surface area contributed by atoms with Crippen LogP contribution in [0.1, 0.15) is 21.5 Å². The van der Waals surface area contributed by atoms with Gasteiger partial charge in [0.25, 0.3) is 0 Å². The van der Waals surface area contributed by atoms with E-state index < -0.39 is 5.91 Å². The van der Waals surface area contributed by atoms with Gasteiger partial charge in [-0.05, 0) is 42.0 Å². The molecule has 1 aromatic heterocycles. The number of rotatable bonds is 6. The summed E-state index contributed by atoms with van der Waals surface area (Å²) < 4.78 is 7.69. The maximum Gasteiger partial charge on any atom is 0.249 e. The second-order valence-electron chi connectivity index (χ2n) is 6.59. The molecule has 6 heteroatoms. The lowest BCUT2D eigenvalue weighted by atomic mass is 10.1. The molecule has 29 heavy (non-hydrogen) atoms. The number of primary amides is 1. The standard InChI is InChI=1S/C23H17N3O3/c24-13-15-4-1-5-16(12-15)14-26-18-7-2-6-17(23(25)28)21(18)22-19(26)8-3-9-20(22)29-11-10-27/h1-10,12H,11,14H2,(H2,25,28). The average Bonchev–Trinajstić information content (AvgIpc) is 3.06. The van der Waals surface area contributed by atoms with E-state index in [1.807, 2.05) is 36.4 Å². The molecule has 2 N–H and O–H groups in total. The highest BCUT2D eigenvalue weighted by Crippen LogP contribution is 2.38. The van der Waals surface area contributed by atoms with E-state index in [0.29, 0.717) is 35.1 Å². The Morgan fingerprint density at radius 3 is 2.52 bits per heavy atom. The van der Waals surface area contributed by atoms with E-state index in [-0.39, 0.29) is 6.61 Å². The van der Waals surface area contributed by atoms with E-state index in [4.69, 9.17) is 10.5 Å². The second-order valence-corrected chi connectivity index (χ2v) is 6.59. The van der Waals surface area contributed by atoms with Crippen molar-refractivity contribution in [2.45, 2.75) is 6.54 Å². The van der Waals surface area contributed by atoms with Gasteiger partial charge < -0.3 is 15.0 Å². The molecule has 0 atom stereocenters. The molecular weight excluding hydrogens is 366 g/mol. The lowest BCUT2D eigenvalue weighted by molar-refractivity contribution is -0.109. The first-order chi connectivity index (χ1) is 14.1. The normalized spacial score (nSPS) is 10.7. The van der Waals surface area contributed by atoms with Crippen LogP contribution in [0.25, 0.3) is 21.8 Å². The molecule has 0 unspecified atom stereocenters. The van der Waals surface area contributed by atoms with E-state index >= 15 is 0 Å². The third-order valence-electron chi connectivity index (χ3n) is 4.85. The van der Waals surface area contributed by atoms with E-state index in [0.717, 1.165) is 22.0 Å². The lowest BCUT2D eigenvalue weighted by Crippen LogP contribution is -2.11. The van der Waals surface area contributed by atoms with Gasteiger partial charge in [-0.1, -0.05) is 24.3 Å². The Hall–Kier alpha value is -4.11. The number of fused-ring (bicyclic) bond motifs is 3. The summed E-state index contributed by atoms with van der Waals surface area (Å²) in [4.78, 5) is 22.9. The molecule has 0 fully saturated rings. The van der Waals surface area contributed by atoms with Gasteiger partial charge in [-0.15, -0.1) is 0 Å². The summed E-state index contributed by atoms with van der Waals surface area (Å²) in [5, 5.41) is 10.6. The van der Waals surface area contributed by atoms with E-state index in [1.54, 1.807) is 24.3 Å². The van der Waals surface area contributed by atoms with Crippen LogP contribution < -0.4 is 10.5 Å². The van der Waals surface area contributed by atoms with Crippen LogP contribution >= 0.6 is 0 Å². The van der Waals surface area contributed by atoms with Crippen molar-refractivity contribution >= 4 is 34.0 Å². The zero-order valence-electron chi connectivity index (χ0n) is 15.5. The van der Waals surface area contributed by atoms with Crippen LogP contribution in [-0.4, -0.2) is 23.4 Å². The highest BCUT2D eigenvalue weighted by Gasteiger charge is 2.19. The number of hydrogen-bond acceptors (Lipinski definition) is 4. The number of amides is 1. The highest BCUT2D eigenvalue weighted by molar-refractivity contribution is 6.19. The number of carbonyl (C=O) groups excluding carboxylic acids is 2. The van der Waals surface area contributed by atoms with Crippen molar-refractivity contribution in [3.63, 3.8) is 0 Å². The smallest absolute Gasteiger partial charge is 0.249 e. The van der Waals surface area contributed by atoms with E-state index in [2.05, 4.69) is 10.6 Å². The minimum atomic E-state index is -0.536. The van der Waals surface area contributed by atoms with Crippen molar-refractivity contribution in [3.05, 3.63) is 77.4 Å². The largest absolute Gasteiger partial charge is 0.485 e. The molecule has 0 saturated carbocycles. The number of benzene rings is 3. The summed E-state index contributed by atoms with van der Waals surface area (Å²) in [7, 11) is 0. The van der Waals surface area contributed by atoms with Gasteiger partial charge in [-0.25, -0.2) is 0 Å². The Labute approximate surface area is 166 Å². The van der Waals surface area contributed by atoms with Crippen LogP contribution in [0.2, 0.25) is 0 Å². The number of nitrogens with zero attached hydrogens (tertiary/aromatic N) is 2. The number of nitrogens with two attached hydrogens (primary N) is 1. The van der Waals surface area contributed by atoms with Gasteiger partial charge in [0.1, 0.15) is 12.4 Å². The second kappa shape index (κ2) is 7.49. The first-order valence-corrected chi connectivity index (χ1v) is 9.03. The minimum absolute atomic E-state index is 0.0886. The third-order valence-corrected chi connectivity index (χ3v) is 4.85.